The van der Waals surface area contributed by atoms with Gasteiger partial charge in [-0.2, -0.15) is 0 Å². The molecule has 0 radical (unpaired) electrons. The first kappa shape index (κ1) is 25.4. The Hall–Kier alpha value is -5.24. The monoisotopic (exact) mass is 484 g/mol. The zero-order valence-corrected chi connectivity index (χ0v) is 18.7. The third kappa shape index (κ3) is 6.42. The Balaban J connectivity index is 0.000000201. The number of carboxylic acids is 4. The van der Waals surface area contributed by atoms with Gasteiger partial charge in [-0.05, 0) is 70.8 Å². The number of carboxylic acid groups (broad SMARTS) is 4. The lowest BCUT2D eigenvalue weighted by Gasteiger charge is -2.04. The zero-order valence-electron chi connectivity index (χ0n) is 18.7. The summed E-state index contributed by atoms with van der Waals surface area (Å²) in [5.41, 5.74) is 3.84. The van der Waals surface area contributed by atoms with Crippen molar-refractivity contribution in [3.63, 3.8) is 0 Å². The van der Waals surface area contributed by atoms with E-state index in [9.17, 15) is 19.2 Å². The van der Waals surface area contributed by atoms with Gasteiger partial charge in [0, 0.05) is 0 Å². The third-order valence-electron chi connectivity index (χ3n) is 5.15. The van der Waals surface area contributed by atoms with E-state index in [4.69, 9.17) is 20.4 Å². The second-order valence-corrected chi connectivity index (χ2v) is 7.54. The highest BCUT2D eigenvalue weighted by Crippen LogP contribution is 2.22. The molecule has 36 heavy (non-hydrogen) atoms. The predicted octanol–water partition coefficient (Wildman–Crippen LogP) is 5.50. The van der Waals surface area contributed by atoms with Crippen LogP contribution in [0.25, 0.3) is 22.3 Å². The summed E-state index contributed by atoms with van der Waals surface area (Å²) >= 11 is 0. The fourth-order valence-corrected chi connectivity index (χ4v) is 3.27. The Kier molecular flexibility index (Phi) is 7.94. The minimum absolute atomic E-state index is 0.174. The molecule has 0 unspecified atom stereocenters. The van der Waals surface area contributed by atoms with Gasteiger partial charge < -0.3 is 20.4 Å². The number of aromatic carboxylic acids is 4. The molecule has 0 fully saturated rings. The van der Waals surface area contributed by atoms with Crippen molar-refractivity contribution in [3.05, 3.63) is 119 Å². The highest BCUT2D eigenvalue weighted by atomic mass is 16.4. The molecule has 0 aliphatic carbocycles. The van der Waals surface area contributed by atoms with Crippen molar-refractivity contribution in [1.82, 2.24) is 0 Å². The topological polar surface area (TPSA) is 149 Å². The Morgan fingerprint density at radius 1 is 0.361 bits per heavy atom. The van der Waals surface area contributed by atoms with Crippen LogP contribution in [0.15, 0.2) is 97.1 Å². The van der Waals surface area contributed by atoms with E-state index in [0.717, 1.165) is 11.1 Å². The van der Waals surface area contributed by atoms with E-state index in [2.05, 4.69) is 0 Å². The van der Waals surface area contributed by atoms with Gasteiger partial charge in [-0.3, -0.25) is 0 Å². The van der Waals surface area contributed by atoms with Gasteiger partial charge in [0.15, 0.2) is 0 Å². The Morgan fingerprint density at radius 2 is 0.667 bits per heavy atom. The maximum atomic E-state index is 10.9. The van der Waals surface area contributed by atoms with Crippen molar-refractivity contribution in [1.29, 1.82) is 0 Å². The maximum absolute atomic E-state index is 10.9. The second-order valence-electron chi connectivity index (χ2n) is 7.54. The van der Waals surface area contributed by atoms with Crippen LogP contribution in [-0.2, 0) is 0 Å². The molecular formula is C28H20O8. The molecule has 0 saturated heterocycles. The molecule has 0 aliphatic heterocycles. The predicted molar refractivity (Wildman–Crippen MR) is 132 cm³/mol. The molecule has 0 amide bonds. The molecule has 4 rings (SSSR count). The number of benzene rings is 4. The highest BCUT2D eigenvalue weighted by Gasteiger charge is 2.08. The van der Waals surface area contributed by atoms with Crippen LogP contribution in [0.3, 0.4) is 0 Å². The largest absolute Gasteiger partial charge is 0.478 e. The van der Waals surface area contributed by atoms with Crippen LogP contribution >= 0.6 is 0 Å². The number of hydrogen-bond acceptors (Lipinski definition) is 4. The van der Waals surface area contributed by atoms with Gasteiger partial charge in [0.1, 0.15) is 0 Å². The van der Waals surface area contributed by atoms with E-state index in [1.54, 1.807) is 48.5 Å². The Labute approximate surface area is 205 Å². The van der Waals surface area contributed by atoms with E-state index in [1.165, 1.54) is 48.5 Å². The molecule has 0 atom stereocenters. The van der Waals surface area contributed by atoms with E-state index in [-0.39, 0.29) is 22.3 Å². The maximum Gasteiger partial charge on any atom is 0.335 e. The molecule has 4 N–H and O–H groups in total. The summed E-state index contributed by atoms with van der Waals surface area (Å²) in [5, 5.41) is 35.4. The van der Waals surface area contributed by atoms with Crippen molar-refractivity contribution in [2.75, 3.05) is 0 Å². The summed E-state index contributed by atoms with van der Waals surface area (Å²) in [4.78, 5) is 43.1. The standard InChI is InChI=1S/2C14H10O4/c15-13(16)11-5-1-9(2-6-11)10-3-7-12(8-4-10)14(17)18;15-13(16)11-5-1-3-9(7-11)10-4-2-6-12(8-10)14(17)18/h2*1-8H,(H,15,16)(H,17,18). The second kappa shape index (κ2) is 11.3. The fourth-order valence-electron chi connectivity index (χ4n) is 3.27. The van der Waals surface area contributed by atoms with Crippen LogP contribution in [0.5, 0.6) is 0 Å². The molecule has 0 aromatic heterocycles. The van der Waals surface area contributed by atoms with Crippen LogP contribution in [0.4, 0.5) is 0 Å². The number of carbonyl (C=O) groups is 4. The first-order valence-corrected chi connectivity index (χ1v) is 10.5. The molecule has 8 heteroatoms. The summed E-state index contributed by atoms with van der Waals surface area (Å²) < 4.78 is 0. The zero-order chi connectivity index (χ0) is 26.2. The summed E-state index contributed by atoms with van der Waals surface area (Å²) in [5.74, 6) is -3.96. The van der Waals surface area contributed by atoms with Crippen LogP contribution in [-0.4, -0.2) is 44.3 Å². The van der Waals surface area contributed by atoms with Gasteiger partial charge in [0.25, 0.3) is 0 Å². The molecule has 0 spiro atoms. The van der Waals surface area contributed by atoms with Crippen LogP contribution in [0.1, 0.15) is 41.4 Å². The molecule has 0 bridgehead atoms. The van der Waals surface area contributed by atoms with Gasteiger partial charge in [-0.1, -0.05) is 48.5 Å². The fraction of sp³-hybridized carbons (Fsp3) is 0. The summed E-state index contributed by atoms with van der Waals surface area (Å²) in [6.45, 7) is 0. The van der Waals surface area contributed by atoms with Crippen LogP contribution < -0.4 is 0 Å². The lowest BCUT2D eigenvalue weighted by molar-refractivity contribution is 0.0686. The van der Waals surface area contributed by atoms with Crippen molar-refractivity contribution in [2.45, 2.75) is 0 Å². The Morgan fingerprint density at radius 3 is 0.944 bits per heavy atom. The first-order valence-electron chi connectivity index (χ1n) is 10.5. The summed E-state index contributed by atoms with van der Waals surface area (Å²) in [6.07, 6.45) is 0. The number of hydrogen-bond donors (Lipinski definition) is 4. The summed E-state index contributed by atoms with van der Waals surface area (Å²) in [7, 11) is 0. The van der Waals surface area contributed by atoms with Gasteiger partial charge in [-0.25, -0.2) is 19.2 Å². The number of rotatable bonds is 6. The smallest absolute Gasteiger partial charge is 0.335 e. The van der Waals surface area contributed by atoms with Crippen LogP contribution in [0.2, 0.25) is 0 Å². The molecule has 8 nitrogen and oxygen atoms in total. The van der Waals surface area contributed by atoms with Gasteiger partial charge in [0.05, 0.1) is 22.3 Å². The van der Waals surface area contributed by atoms with Crippen molar-refractivity contribution in [2.24, 2.45) is 0 Å². The molecule has 0 heterocycles. The van der Waals surface area contributed by atoms with Crippen molar-refractivity contribution < 1.29 is 39.6 Å². The van der Waals surface area contributed by atoms with E-state index in [1.807, 2.05) is 0 Å². The van der Waals surface area contributed by atoms with Crippen molar-refractivity contribution in [3.8, 4) is 22.3 Å². The molecular weight excluding hydrogens is 464 g/mol. The van der Waals surface area contributed by atoms with Gasteiger partial charge in [-0.15, -0.1) is 0 Å². The lowest BCUT2D eigenvalue weighted by atomic mass is 10.0. The summed E-state index contributed by atoms with van der Waals surface area (Å²) in [6, 6.07) is 25.6. The quantitative estimate of drug-likeness (QED) is 0.280. The van der Waals surface area contributed by atoms with Crippen molar-refractivity contribution >= 4 is 23.9 Å². The third-order valence-corrected chi connectivity index (χ3v) is 5.15. The van der Waals surface area contributed by atoms with E-state index >= 15 is 0 Å². The normalized spacial score (nSPS) is 10.0. The average molecular weight is 484 g/mol. The first-order chi connectivity index (χ1) is 17.2. The van der Waals surface area contributed by atoms with Crippen LogP contribution in [0, 0.1) is 0 Å². The lowest BCUT2D eigenvalue weighted by Crippen LogP contribution is -1.97. The van der Waals surface area contributed by atoms with Gasteiger partial charge >= 0.3 is 23.9 Å². The van der Waals surface area contributed by atoms with E-state index < -0.39 is 23.9 Å². The molecule has 4 aromatic carbocycles. The molecule has 180 valence electrons. The minimum Gasteiger partial charge on any atom is -0.478 e. The van der Waals surface area contributed by atoms with Gasteiger partial charge in [0.2, 0.25) is 0 Å². The molecule has 4 aromatic rings. The van der Waals surface area contributed by atoms with E-state index in [0.29, 0.717) is 11.1 Å². The molecule has 0 saturated carbocycles. The minimum atomic E-state index is -1.01. The average Bonchev–Trinajstić information content (AvgIpc) is 2.89. The SMILES string of the molecule is O=C(O)c1ccc(-c2ccc(C(=O)O)cc2)cc1.O=C(O)c1cccc(-c2cccc(C(=O)O)c2)c1. The highest BCUT2D eigenvalue weighted by molar-refractivity contribution is 5.92. The molecule has 0 aliphatic rings. The Bertz CT molecular complexity index is 1310.